The fraction of sp³-hybridized carbons (Fsp3) is 0.350. The summed E-state index contributed by atoms with van der Waals surface area (Å²) in [6, 6.07) is 12.4. The quantitative estimate of drug-likeness (QED) is 0.845. The van der Waals surface area contributed by atoms with Crippen LogP contribution in [-0.2, 0) is 21.4 Å². The van der Waals surface area contributed by atoms with Gasteiger partial charge >= 0.3 is 0 Å². The van der Waals surface area contributed by atoms with Crippen LogP contribution in [0.25, 0.3) is 0 Å². The molecule has 0 saturated carbocycles. The summed E-state index contributed by atoms with van der Waals surface area (Å²) in [5, 5.41) is 2.82. The monoisotopic (exact) mass is 374 g/mol. The maximum absolute atomic E-state index is 12.6. The molecule has 0 heterocycles. The highest BCUT2D eigenvalue weighted by atomic mass is 32.2. The molecular weight excluding hydrogens is 348 g/mol. The van der Waals surface area contributed by atoms with Gasteiger partial charge in [0.1, 0.15) is 6.04 Å². The third-order valence-corrected chi connectivity index (χ3v) is 5.66. The number of benzene rings is 2. The van der Waals surface area contributed by atoms with Gasteiger partial charge in [-0.25, -0.2) is 8.42 Å². The topological polar surface area (TPSA) is 66.5 Å². The predicted molar refractivity (Wildman–Crippen MR) is 106 cm³/mol. The molecule has 0 unspecified atom stereocenters. The van der Waals surface area contributed by atoms with Crippen molar-refractivity contribution in [3.8, 4) is 0 Å². The first-order chi connectivity index (χ1) is 12.1. The lowest BCUT2D eigenvalue weighted by Crippen LogP contribution is -2.47. The Morgan fingerprint density at radius 3 is 2.19 bits per heavy atom. The molecule has 2 rings (SSSR count). The Labute approximate surface area is 156 Å². The first-order valence-electron chi connectivity index (χ1n) is 8.49. The Morgan fingerprint density at radius 1 is 1.04 bits per heavy atom. The molecule has 2 aromatic carbocycles. The highest BCUT2D eigenvalue weighted by molar-refractivity contribution is 7.92. The van der Waals surface area contributed by atoms with E-state index in [0.29, 0.717) is 12.2 Å². The van der Waals surface area contributed by atoms with E-state index in [9.17, 15) is 13.2 Å². The van der Waals surface area contributed by atoms with Gasteiger partial charge in [-0.2, -0.15) is 0 Å². The van der Waals surface area contributed by atoms with E-state index >= 15 is 0 Å². The number of aryl methyl sites for hydroxylation is 3. The van der Waals surface area contributed by atoms with Gasteiger partial charge in [0.15, 0.2) is 0 Å². The number of carbonyl (C=O) groups excluding carboxylic acids is 1. The fourth-order valence-electron chi connectivity index (χ4n) is 2.71. The van der Waals surface area contributed by atoms with E-state index in [1.165, 1.54) is 4.31 Å². The fourth-order valence-corrected chi connectivity index (χ4v) is 3.88. The number of nitrogens with one attached hydrogen (secondary N) is 1. The van der Waals surface area contributed by atoms with Gasteiger partial charge in [-0.15, -0.1) is 0 Å². The molecule has 0 fully saturated rings. The van der Waals surface area contributed by atoms with Gasteiger partial charge in [0.05, 0.1) is 11.9 Å². The molecule has 1 N–H and O–H groups in total. The summed E-state index contributed by atoms with van der Waals surface area (Å²) in [5.74, 6) is -0.339. The van der Waals surface area contributed by atoms with Gasteiger partial charge in [-0.3, -0.25) is 9.10 Å². The molecule has 0 bridgehead atoms. The molecule has 0 aliphatic rings. The smallest absolute Gasteiger partial charge is 0.243 e. The lowest BCUT2D eigenvalue weighted by Gasteiger charge is -2.28. The lowest BCUT2D eigenvalue weighted by atomic mass is 10.1. The molecular formula is C20H26N2O3S. The molecule has 2 aromatic rings. The largest absolute Gasteiger partial charge is 0.350 e. The molecule has 1 amide bonds. The van der Waals surface area contributed by atoms with Crippen molar-refractivity contribution in [1.29, 1.82) is 0 Å². The van der Waals surface area contributed by atoms with E-state index in [4.69, 9.17) is 0 Å². The highest BCUT2D eigenvalue weighted by Crippen LogP contribution is 2.23. The van der Waals surface area contributed by atoms with E-state index in [2.05, 4.69) is 5.32 Å². The average Bonchev–Trinajstić information content (AvgIpc) is 2.56. The van der Waals surface area contributed by atoms with Crippen molar-refractivity contribution >= 4 is 21.6 Å². The zero-order valence-corrected chi connectivity index (χ0v) is 16.7. The molecule has 0 aromatic heterocycles. The van der Waals surface area contributed by atoms with Crippen molar-refractivity contribution in [3.05, 3.63) is 64.7 Å². The molecule has 0 radical (unpaired) electrons. The number of nitrogens with zero attached hydrogens (tertiary/aromatic N) is 1. The van der Waals surface area contributed by atoms with Gasteiger partial charge in [-0.05, 0) is 56.5 Å². The average molecular weight is 375 g/mol. The molecule has 140 valence electrons. The summed E-state index contributed by atoms with van der Waals surface area (Å²) in [7, 11) is -3.61. The number of sulfonamides is 1. The Hall–Kier alpha value is -2.34. The molecule has 26 heavy (non-hydrogen) atoms. The van der Waals surface area contributed by atoms with Crippen molar-refractivity contribution in [3.63, 3.8) is 0 Å². The molecule has 0 saturated heterocycles. The van der Waals surface area contributed by atoms with Crippen molar-refractivity contribution < 1.29 is 13.2 Å². The molecule has 0 spiro atoms. The van der Waals surface area contributed by atoms with Crippen molar-refractivity contribution in [1.82, 2.24) is 5.32 Å². The van der Waals surface area contributed by atoms with Crippen LogP contribution in [0.15, 0.2) is 42.5 Å². The van der Waals surface area contributed by atoms with Gasteiger partial charge in [0.2, 0.25) is 15.9 Å². The second-order valence-electron chi connectivity index (χ2n) is 6.71. The van der Waals surface area contributed by atoms with Gasteiger partial charge in [0.25, 0.3) is 0 Å². The number of rotatable bonds is 6. The minimum Gasteiger partial charge on any atom is -0.350 e. The zero-order chi connectivity index (χ0) is 19.5. The van der Waals surface area contributed by atoms with Crippen molar-refractivity contribution in [2.24, 2.45) is 0 Å². The number of anilines is 1. The van der Waals surface area contributed by atoms with Crippen LogP contribution >= 0.6 is 0 Å². The van der Waals surface area contributed by atoms with Gasteiger partial charge in [-0.1, -0.05) is 35.9 Å². The Morgan fingerprint density at radius 2 is 1.65 bits per heavy atom. The standard InChI is InChI=1S/C20H26N2O3S/c1-14-6-9-18(10-7-14)13-21-20(23)17(4)22(26(5,24)25)19-11-8-15(2)16(3)12-19/h6-12,17H,13H2,1-5H3,(H,21,23)/t17-/m0/s1. The summed E-state index contributed by atoms with van der Waals surface area (Å²) in [6.45, 7) is 7.83. The molecule has 1 atom stereocenters. The molecule has 0 aliphatic heterocycles. The number of hydrogen-bond acceptors (Lipinski definition) is 3. The van der Waals surface area contributed by atoms with Crippen LogP contribution in [0.5, 0.6) is 0 Å². The van der Waals surface area contributed by atoms with Gasteiger partial charge < -0.3 is 5.32 Å². The predicted octanol–water partition coefficient (Wildman–Crippen LogP) is 3.08. The SMILES string of the molecule is Cc1ccc(CNC(=O)[C@H](C)N(c2ccc(C)c(C)c2)S(C)(=O)=O)cc1. The second-order valence-corrected chi connectivity index (χ2v) is 8.57. The third kappa shape index (κ3) is 4.85. The molecule has 0 aliphatic carbocycles. The number of amides is 1. The van der Waals surface area contributed by atoms with Crippen molar-refractivity contribution in [2.75, 3.05) is 10.6 Å². The van der Waals surface area contributed by atoms with E-state index in [-0.39, 0.29) is 5.91 Å². The molecule has 6 heteroatoms. The number of hydrogen-bond donors (Lipinski definition) is 1. The summed E-state index contributed by atoms with van der Waals surface area (Å²) in [6.07, 6.45) is 1.12. The van der Waals surface area contributed by atoms with Crippen LogP contribution in [0.4, 0.5) is 5.69 Å². The summed E-state index contributed by atoms with van der Waals surface area (Å²) < 4.78 is 25.8. The van der Waals surface area contributed by atoms with Crippen LogP contribution in [0, 0.1) is 20.8 Å². The minimum absolute atomic E-state index is 0.339. The van der Waals surface area contributed by atoms with Crippen LogP contribution in [0.3, 0.4) is 0 Å². The maximum atomic E-state index is 12.6. The van der Waals surface area contributed by atoms with Crippen molar-refractivity contribution in [2.45, 2.75) is 40.3 Å². The number of carbonyl (C=O) groups is 1. The van der Waals surface area contributed by atoms with Gasteiger partial charge in [0, 0.05) is 6.54 Å². The van der Waals surface area contributed by atoms with E-state index in [0.717, 1.165) is 28.5 Å². The van der Waals surface area contributed by atoms with E-state index in [1.807, 2.05) is 51.1 Å². The minimum atomic E-state index is -3.61. The van der Waals surface area contributed by atoms with Crippen LogP contribution in [0.2, 0.25) is 0 Å². The molecule has 5 nitrogen and oxygen atoms in total. The Balaban J connectivity index is 2.20. The summed E-state index contributed by atoms with van der Waals surface area (Å²) in [5.41, 5.74) is 4.65. The Kier molecular flexibility index (Phi) is 6.08. The first-order valence-corrected chi connectivity index (χ1v) is 10.3. The maximum Gasteiger partial charge on any atom is 0.243 e. The van der Waals surface area contributed by atoms with E-state index in [1.54, 1.807) is 19.1 Å². The van der Waals surface area contributed by atoms with Crippen LogP contribution in [-0.4, -0.2) is 26.6 Å². The summed E-state index contributed by atoms with van der Waals surface area (Å²) >= 11 is 0. The van der Waals surface area contributed by atoms with Crippen LogP contribution in [0.1, 0.15) is 29.2 Å². The van der Waals surface area contributed by atoms with Crippen LogP contribution < -0.4 is 9.62 Å². The third-order valence-electron chi connectivity index (χ3n) is 4.42. The first kappa shape index (κ1) is 20.0. The normalized spacial score (nSPS) is 12.5. The second kappa shape index (κ2) is 7.91. The zero-order valence-electron chi connectivity index (χ0n) is 15.9. The highest BCUT2D eigenvalue weighted by Gasteiger charge is 2.29. The Bertz CT molecular complexity index is 890. The summed E-state index contributed by atoms with van der Waals surface area (Å²) in [4.78, 5) is 12.6. The van der Waals surface area contributed by atoms with E-state index < -0.39 is 16.1 Å². The lowest BCUT2D eigenvalue weighted by molar-refractivity contribution is -0.122.